The van der Waals surface area contributed by atoms with Crippen molar-refractivity contribution in [2.75, 3.05) is 26.8 Å². The Bertz CT molecular complexity index is 507. The highest BCUT2D eigenvalue weighted by atomic mass is 32.1. The van der Waals surface area contributed by atoms with E-state index >= 15 is 0 Å². The van der Waals surface area contributed by atoms with Gasteiger partial charge in [-0.2, -0.15) is 0 Å². The van der Waals surface area contributed by atoms with Crippen LogP contribution in [0.4, 0.5) is 0 Å². The largest absolute Gasteiger partial charge is 0.383 e. The maximum Gasteiger partial charge on any atom is 0.0944 e. The van der Waals surface area contributed by atoms with Crippen molar-refractivity contribution in [2.24, 2.45) is 5.41 Å². The maximum absolute atomic E-state index is 5.08. The van der Waals surface area contributed by atoms with Crippen molar-refractivity contribution in [3.05, 3.63) is 29.3 Å². The van der Waals surface area contributed by atoms with E-state index in [1.807, 2.05) is 11.3 Å². The molecule has 0 radical (unpaired) electrons. The Balaban J connectivity index is 2.00. The lowest BCUT2D eigenvalue weighted by atomic mass is 9.84. The average molecular weight is 292 g/mol. The summed E-state index contributed by atoms with van der Waals surface area (Å²) in [6.07, 6.45) is 2.17. The van der Waals surface area contributed by atoms with Gasteiger partial charge in [0, 0.05) is 26.6 Å². The number of hydrogen-bond acceptors (Lipinski definition) is 4. The quantitative estimate of drug-likeness (QED) is 0.756. The fraction of sp³-hybridized carbons (Fsp3) is 0.562. The van der Waals surface area contributed by atoms with E-state index in [9.17, 15) is 0 Å². The topological polar surface area (TPSA) is 34.1 Å². The molecule has 3 nitrogen and oxygen atoms in total. The zero-order valence-corrected chi connectivity index (χ0v) is 13.4. The first-order valence-corrected chi connectivity index (χ1v) is 8.02. The maximum atomic E-state index is 5.08. The summed E-state index contributed by atoms with van der Waals surface area (Å²) in [5, 5.41) is 4.72. The van der Waals surface area contributed by atoms with Crippen LogP contribution in [-0.4, -0.2) is 31.8 Å². The number of nitrogens with one attached hydrogen (secondary N) is 1. The number of ether oxygens (including phenoxy) is 1. The third-order valence-electron chi connectivity index (χ3n) is 3.80. The molecule has 0 spiro atoms. The second-order valence-electron chi connectivity index (χ2n) is 5.59. The number of rotatable bonds is 8. The minimum atomic E-state index is 0.252. The van der Waals surface area contributed by atoms with Crippen LogP contribution in [0.1, 0.15) is 25.3 Å². The number of thiazole rings is 1. The lowest BCUT2D eigenvalue weighted by Crippen LogP contribution is -2.34. The molecular formula is C16H24N2OS. The molecule has 0 saturated heterocycles. The predicted molar refractivity (Wildman–Crippen MR) is 86.5 cm³/mol. The van der Waals surface area contributed by atoms with Gasteiger partial charge >= 0.3 is 0 Å². The molecular weight excluding hydrogens is 268 g/mol. The Morgan fingerprint density at radius 2 is 2.15 bits per heavy atom. The Morgan fingerprint density at radius 3 is 2.85 bits per heavy atom. The van der Waals surface area contributed by atoms with E-state index in [1.54, 1.807) is 7.11 Å². The van der Waals surface area contributed by atoms with E-state index in [-0.39, 0.29) is 5.41 Å². The number of methoxy groups -OCH3 is 1. The first-order valence-electron chi connectivity index (χ1n) is 7.21. The fourth-order valence-electron chi connectivity index (χ4n) is 2.24. The molecule has 1 heterocycles. The van der Waals surface area contributed by atoms with Crippen LogP contribution >= 0.6 is 11.3 Å². The summed E-state index contributed by atoms with van der Waals surface area (Å²) >= 11 is 1.82. The molecule has 0 aliphatic rings. The van der Waals surface area contributed by atoms with Crippen molar-refractivity contribution in [2.45, 2.75) is 26.7 Å². The number of hydrogen-bond donors (Lipinski definition) is 1. The number of benzene rings is 1. The highest BCUT2D eigenvalue weighted by Crippen LogP contribution is 2.30. The molecule has 20 heavy (non-hydrogen) atoms. The second-order valence-corrected chi connectivity index (χ2v) is 6.70. The molecule has 0 bridgehead atoms. The minimum absolute atomic E-state index is 0.252. The summed E-state index contributed by atoms with van der Waals surface area (Å²) in [7, 11) is 1.74. The monoisotopic (exact) mass is 292 g/mol. The highest BCUT2D eigenvalue weighted by Gasteiger charge is 2.24. The zero-order chi connectivity index (χ0) is 14.4. The third kappa shape index (κ3) is 4.01. The number of nitrogens with zero attached hydrogens (tertiary/aromatic N) is 1. The Morgan fingerprint density at radius 1 is 1.35 bits per heavy atom. The summed E-state index contributed by atoms with van der Waals surface area (Å²) in [5.74, 6) is 0. The lowest BCUT2D eigenvalue weighted by molar-refractivity contribution is 0.191. The molecule has 0 saturated carbocycles. The van der Waals surface area contributed by atoms with Crippen LogP contribution < -0.4 is 5.32 Å². The minimum Gasteiger partial charge on any atom is -0.383 e. The SMILES string of the molecule is CCC(C)(CNCCOC)Cc1nc2ccccc2s1. The van der Waals surface area contributed by atoms with Crippen molar-refractivity contribution in [1.29, 1.82) is 0 Å². The van der Waals surface area contributed by atoms with Gasteiger partial charge < -0.3 is 10.1 Å². The van der Waals surface area contributed by atoms with Gasteiger partial charge in [-0.3, -0.25) is 0 Å². The van der Waals surface area contributed by atoms with E-state index in [0.29, 0.717) is 0 Å². The number of para-hydroxylation sites is 1. The first-order chi connectivity index (χ1) is 9.67. The average Bonchev–Trinajstić information content (AvgIpc) is 2.85. The zero-order valence-electron chi connectivity index (χ0n) is 12.6. The van der Waals surface area contributed by atoms with Crippen molar-refractivity contribution < 1.29 is 4.74 Å². The second kappa shape index (κ2) is 7.16. The van der Waals surface area contributed by atoms with Gasteiger partial charge in [0.2, 0.25) is 0 Å². The molecule has 1 unspecified atom stereocenters. The molecule has 1 atom stereocenters. The number of fused-ring (bicyclic) bond motifs is 1. The smallest absolute Gasteiger partial charge is 0.0944 e. The van der Waals surface area contributed by atoms with Crippen molar-refractivity contribution in [3.63, 3.8) is 0 Å². The summed E-state index contributed by atoms with van der Waals surface area (Å²) < 4.78 is 6.36. The van der Waals surface area contributed by atoms with Gasteiger partial charge in [-0.1, -0.05) is 26.0 Å². The molecule has 4 heteroatoms. The van der Waals surface area contributed by atoms with Crippen molar-refractivity contribution in [1.82, 2.24) is 10.3 Å². The van der Waals surface area contributed by atoms with Crippen LogP contribution in [0.25, 0.3) is 10.2 Å². The van der Waals surface area contributed by atoms with E-state index in [2.05, 4.69) is 43.4 Å². The fourth-order valence-corrected chi connectivity index (χ4v) is 3.42. The van der Waals surface area contributed by atoms with E-state index in [1.165, 1.54) is 9.71 Å². The molecule has 2 aromatic rings. The van der Waals surface area contributed by atoms with Crippen LogP contribution in [-0.2, 0) is 11.2 Å². The summed E-state index contributed by atoms with van der Waals surface area (Å²) in [4.78, 5) is 4.76. The van der Waals surface area contributed by atoms with E-state index < -0.39 is 0 Å². The Hall–Kier alpha value is -0.970. The molecule has 0 aliphatic heterocycles. The summed E-state index contributed by atoms with van der Waals surface area (Å²) in [5.41, 5.74) is 1.38. The van der Waals surface area contributed by atoms with Gasteiger partial charge in [0.1, 0.15) is 0 Å². The molecule has 0 aliphatic carbocycles. The molecule has 1 aromatic carbocycles. The lowest BCUT2D eigenvalue weighted by Gasteiger charge is -2.27. The van der Waals surface area contributed by atoms with Crippen LogP contribution in [0.2, 0.25) is 0 Å². The van der Waals surface area contributed by atoms with Crippen molar-refractivity contribution in [3.8, 4) is 0 Å². The summed E-state index contributed by atoms with van der Waals surface area (Å²) in [6, 6.07) is 8.37. The van der Waals surface area contributed by atoms with Gasteiger partial charge in [-0.25, -0.2) is 4.98 Å². The van der Waals surface area contributed by atoms with Crippen LogP contribution in [0.5, 0.6) is 0 Å². The standard InChI is InChI=1S/C16H24N2OS/c1-4-16(2,12-17-9-10-19-3)11-15-18-13-7-5-6-8-14(13)20-15/h5-8,17H,4,9-12H2,1-3H3. The van der Waals surface area contributed by atoms with Crippen LogP contribution in [0.15, 0.2) is 24.3 Å². The van der Waals surface area contributed by atoms with Gasteiger partial charge in [0.15, 0.2) is 0 Å². The molecule has 2 rings (SSSR count). The van der Waals surface area contributed by atoms with Gasteiger partial charge in [0.05, 0.1) is 21.8 Å². The third-order valence-corrected chi connectivity index (χ3v) is 4.84. The normalized spacial score (nSPS) is 14.6. The van der Waals surface area contributed by atoms with Gasteiger partial charge in [0.25, 0.3) is 0 Å². The van der Waals surface area contributed by atoms with Gasteiger partial charge in [-0.05, 0) is 24.0 Å². The van der Waals surface area contributed by atoms with E-state index in [4.69, 9.17) is 9.72 Å². The molecule has 110 valence electrons. The van der Waals surface area contributed by atoms with Crippen molar-refractivity contribution >= 4 is 21.6 Å². The Labute approximate surface area is 125 Å². The first kappa shape index (κ1) is 15.4. The molecule has 0 amide bonds. The summed E-state index contributed by atoms with van der Waals surface area (Å²) in [6.45, 7) is 7.26. The van der Waals surface area contributed by atoms with Crippen LogP contribution in [0.3, 0.4) is 0 Å². The molecule has 1 aromatic heterocycles. The van der Waals surface area contributed by atoms with E-state index in [0.717, 1.165) is 38.1 Å². The number of aromatic nitrogens is 1. The molecule has 0 fully saturated rings. The molecule has 1 N–H and O–H groups in total. The Kier molecular flexibility index (Phi) is 5.52. The van der Waals surface area contributed by atoms with Crippen LogP contribution in [0, 0.1) is 5.41 Å². The predicted octanol–water partition coefficient (Wildman–Crippen LogP) is 3.49. The highest BCUT2D eigenvalue weighted by molar-refractivity contribution is 7.18. The van der Waals surface area contributed by atoms with Gasteiger partial charge in [-0.15, -0.1) is 11.3 Å².